The van der Waals surface area contributed by atoms with Crippen LogP contribution in [0.25, 0.3) is 0 Å². The minimum absolute atomic E-state index is 0.00949. The van der Waals surface area contributed by atoms with E-state index in [1.54, 1.807) is 18.2 Å². The highest BCUT2D eigenvalue weighted by Gasteiger charge is 2.17. The van der Waals surface area contributed by atoms with Crippen LogP contribution < -0.4 is 15.9 Å². The molecule has 0 unspecified atom stereocenters. The Hall–Kier alpha value is -3.11. The lowest BCUT2D eigenvalue weighted by atomic mass is 10.2. The molecule has 0 aliphatic rings. The Bertz CT molecular complexity index is 1070. The molecular weight excluding hydrogens is 380 g/mol. The van der Waals surface area contributed by atoms with Gasteiger partial charge < -0.3 is 5.73 Å². The maximum Gasteiger partial charge on any atom is 0.270 e. The van der Waals surface area contributed by atoms with Gasteiger partial charge in [0.25, 0.3) is 15.9 Å². The van der Waals surface area contributed by atoms with Crippen LogP contribution in [-0.2, 0) is 10.0 Å². The van der Waals surface area contributed by atoms with Crippen molar-refractivity contribution in [3.05, 3.63) is 65.4 Å². The zero-order chi connectivity index (χ0) is 18.7. The molecule has 1 amide bonds. The quantitative estimate of drug-likeness (QED) is 0.605. The Morgan fingerprint density at radius 1 is 1.15 bits per heavy atom. The maximum atomic E-state index is 12.5. The van der Waals surface area contributed by atoms with Crippen molar-refractivity contribution in [2.24, 2.45) is 0 Å². The van der Waals surface area contributed by atoms with E-state index < -0.39 is 15.9 Å². The molecule has 0 saturated carbocycles. The van der Waals surface area contributed by atoms with Crippen LogP contribution in [0, 0.1) is 0 Å². The van der Waals surface area contributed by atoms with Gasteiger partial charge >= 0.3 is 0 Å². The van der Waals surface area contributed by atoms with Gasteiger partial charge in [0, 0.05) is 10.6 Å². The zero-order valence-electron chi connectivity index (χ0n) is 13.1. The molecular formula is C15H13ClN6O3S. The van der Waals surface area contributed by atoms with Crippen LogP contribution >= 0.6 is 11.6 Å². The van der Waals surface area contributed by atoms with Gasteiger partial charge in [-0.2, -0.15) is 0 Å². The zero-order valence-corrected chi connectivity index (χ0v) is 14.7. The van der Waals surface area contributed by atoms with Crippen LogP contribution in [0.3, 0.4) is 0 Å². The molecule has 0 fully saturated rings. The van der Waals surface area contributed by atoms with Crippen LogP contribution in [0.2, 0.25) is 5.02 Å². The van der Waals surface area contributed by atoms with Gasteiger partial charge in [0.15, 0.2) is 0 Å². The van der Waals surface area contributed by atoms with E-state index in [1.165, 1.54) is 36.7 Å². The summed E-state index contributed by atoms with van der Waals surface area (Å²) in [6.45, 7) is 0. The molecule has 3 rings (SSSR count). The topological polar surface area (TPSA) is 132 Å². The van der Waals surface area contributed by atoms with E-state index in [0.717, 1.165) is 4.68 Å². The van der Waals surface area contributed by atoms with Gasteiger partial charge in [-0.3, -0.25) is 14.9 Å². The summed E-state index contributed by atoms with van der Waals surface area (Å²) in [7, 11) is -3.90. The highest BCUT2D eigenvalue weighted by molar-refractivity contribution is 7.92. The second-order valence-corrected chi connectivity index (χ2v) is 7.26. The number of nitrogens with zero attached hydrogens (tertiary/aromatic N) is 3. The maximum absolute atomic E-state index is 12.5. The molecule has 1 heterocycles. The molecule has 134 valence electrons. The standard InChI is InChI=1S/C15H13ClN6O3S/c16-11-4-2-5-12(8-11)21-26(24,25)13-6-1-3-10(7-13)14(23)20-22-9-18-19-15(22)17/h1-9,21H,(H2,17,19)(H,20,23). The van der Waals surface area contributed by atoms with Gasteiger partial charge in [0.2, 0.25) is 5.95 Å². The first-order valence-corrected chi connectivity index (χ1v) is 9.06. The Labute approximate surface area is 153 Å². The van der Waals surface area contributed by atoms with Gasteiger partial charge in [-0.15, -0.1) is 10.2 Å². The van der Waals surface area contributed by atoms with Crippen molar-refractivity contribution in [3.8, 4) is 0 Å². The van der Waals surface area contributed by atoms with Crippen LogP contribution in [0.1, 0.15) is 10.4 Å². The highest BCUT2D eigenvalue weighted by Crippen LogP contribution is 2.20. The van der Waals surface area contributed by atoms with E-state index >= 15 is 0 Å². The number of carbonyl (C=O) groups is 1. The number of nitrogens with one attached hydrogen (secondary N) is 2. The molecule has 0 bridgehead atoms. The average Bonchev–Trinajstić information content (AvgIpc) is 2.99. The smallest absolute Gasteiger partial charge is 0.270 e. The van der Waals surface area contributed by atoms with E-state index in [9.17, 15) is 13.2 Å². The number of nitrogen functional groups attached to an aromatic ring is 1. The van der Waals surface area contributed by atoms with E-state index in [4.69, 9.17) is 17.3 Å². The fraction of sp³-hybridized carbons (Fsp3) is 0. The summed E-state index contributed by atoms with van der Waals surface area (Å²) in [5.41, 5.74) is 8.39. The average molecular weight is 393 g/mol. The molecule has 0 radical (unpaired) electrons. The third-order valence-electron chi connectivity index (χ3n) is 3.28. The third kappa shape index (κ3) is 3.92. The van der Waals surface area contributed by atoms with E-state index in [-0.39, 0.29) is 16.4 Å². The van der Waals surface area contributed by atoms with Crippen LogP contribution in [0.15, 0.2) is 59.8 Å². The predicted molar refractivity (Wildman–Crippen MR) is 96.8 cm³/mol. The third-order valence-corrected chi connectivity index (χ3v) is 4.89. The van der Waals surface area contributed by atoms with Gasteiger partial charge in [0.1, 0.15) is 6.33 Å². The number of benzene rings is 2. The summed E-state index contributed by atoms with van der Waals surface area (Å²) in [5, 5.41) is 7.46. The summed E-state index contributed by atoms with van der Waals surface area (Å²) in [5.74, 6) is -0.582. The summed E-state index contributed by atoms with van der Waals surface area (Å²) in [4.78, 5) is 12.2. The minimum atomic E-state index is -3.90. The molecule has 4 N–H and O–H groups in total. The number of aromatic nitrogens is 3. The molecule has 0 aliphatic carbocycles. The summed E-state index contributed by atoms with van der Waals surface area (Å²) >= 11 is 5.86. The molecule has 1 aromatic heterocycles. The lowest BCUT2D eigenvalue weighted by molar-refractivity contribution is 0.101. The second kappa shape index (κ2) is 7.02. The number of nitrogens with two attached hydrogens (primary N) is 1. The number of amides is 1. The predicted octanol–water partition coefficient (Wildman–Crippen LogP) is 1.70. The fourth-order valence-electron chi connectivity index (χ4n) is 2.07. The Morgan fingerprint density at radius 3 is 2.62 bits per heavy atom. The summed E-state index contributed by atoms with van der Waals surface area (Å²) in [6, 6.07) is 11.8. The molecule has 2 aromatic carbocycles. The number of sulfonamides is 1. The number of hydrogen-bond acceptors (Lipinski definition) is 6. The van der Waals surface area contributed by atoms with Crippen molar-refractivity contribution in [3.63, 3.8) is 0 Å². The lowest BCUT2D eigenvalue weighted by Crippen LogP contribution is -2.24. The van der Waals surface area contributed by atoms with Crippen molar-refractivity contribution in [1.82, 2.24) is 14.9 Å². The van der Waals surface area contributed by atoms with Gasteiger partial charge in [-0.1, -0.05) is 23.7 Å². The highest BCUT2D eigenvalue weighted by atomic mass is 35.5. The monoisotopic (exact) mass is 392 g/mol. The first-order valence-electron chi connectivity index (χ1n) is 7.20. The van der Waals surface area contributed by atoms with Crippen molar-refractivity contribution in [2.75, 3.05) is 15.9 Å². The number of carbonyl (C=O) groups excluding carboxylic acids is 1. The van der Waals surface area contributed by atoms with Crippen molar-refractivity contribution < 1.29 is 13.2 Å². The lowest BCUT2D eigenvalue weighted by Gasteiger charge is -2.10. The Morgan fingerprint density at radius 2 is 1.92 bits per heavy atom. The molecule has 9 nitrogen and oxygen atoms in total. The molecule has 0 saturated heterocycles. The number of hydrogen-bond donors (Lipinski definition) is 3. The normalized spacial score (nSPS) is 11.1. The van der Waals surface area contributed by atoms with Crippen LogP contribution in [0.5, 0.6) is 0 Å². The van der Waals surface area contributed by atoms with Gasteiger partial charge in [-0.25, -0.2) is 13.1 Å². The van der Waals surface area contributed by atoms with Gasteiger partial charge in [0.05, 0.1) is 10.6 Å². The largest absolute Gasteiger partial charge is 0.366 e. The van der Waals surface area contributed by atoms with Crippen molar-refractivity contribution >= 4 is 39.2 Å². The molecule has 0 spiro atoms. The Balaban J connectivity index is 1.84. The van der Waals surface area contributed by atoms with E-state index in [2.05, 4.69) is 20.3 Å². The number of rotatable bonds is 5. The SMILES string of the molecule is Nc1nncn1NC(=O)c1cccc(S(=O)(=O)Nc2cccc(Cl)c2)c1. The Kier molecular flexibility index (Phi) is 4.78. The molecule has 11 heteroatoms. The summed E-state index contributed by atoms with van der Waals surface area (Å²) < 4.78 is 28.6. The molecule has 0 atom stereocenters. The first kappa shape index (κ1) is 17.7. The minimum Gasteiger partial charge on any atom is -0.366 e. The number of halogens is 1. The van der Waals surface area contributed by atoms with E-state index in [0.29, 0.717) is 10.7 Å². The van der Waals surface area contributed by atoms with Gasteiger partial charge in [-0.05, 0) is 36.4 Å². The fourth-order valence-corrected chi connectivity index (χ4v) is 3.36. The van der Waals surface area contributed by atoms with Crippen LogP contribution in [0.4, 0.5) is 11.6 Å². The first-order chi connectivity index (χ1) is 12.3. The molecule has 26 heavy (non-hydrogen) atoms. The van der Waals surface area contributed by atoms with E-state index in [1.807, 2.05) is 0 Å². The van der Waals surface area contributed by atoms with Crippen molar-refractivity contribution in [1.29, 1.82) is 0 Å². The second-order valence-electron chi connectivity index (χ2n) is 5.14. The number of anilines is 2. The molecule has 0 aliphatic heterocycles. The van der Waals surface area contributed by atoms with Crippen molar-refractivity contribution in [2.45, 2.75) is 4.90 Å². The molecule has 3 aromatic rings. The van der Waals surface area contributed by atoms with Crippen LogP contribution in [-0.4, -0.2) is 29.2 Å². The summed E-state index contributed by atoms with van der Waals surface area (Å²) in [6.07, 6.45) is 1.22.